The largest absolute Gasteiger partial charge is 0.462 e. The Bertz CT molecular complexity index is 989. The first-order valence-corrected chi connectivity index (χ1v) is 11.5. The molecule has 0 amide bonds. The second-order valence-electron chi connectivity index (χ2n) is 8.24. The van der Waals surface area contributed by atoms with Gasteiger partial charge in [0.25, 0.3) is 0 Å². The van der Waals surface area contributed by atoms with Gasteiger partial charge in [-0.05, 0) is 41.6 Å². The van der Waals surface area contributed by atoms with Crippen LogP contribution < -0.4 is 0 Å². The highest BCUT2D eigenvalue weighted by Gasteiger charge is 2.25. The normalized spacial score (nSPS) is 14.6. The van der Waals surface area contributed by atoms with Gasteiger partial charge in [-0.1, -0.05) is 97.9 Å². The molecule has 0 unspecified atom stereocenters. The highest BCUT2D eigenvalue weighted by Crippen LogP contribution is 2.30. The fourth-order valence-corrected chi connectivity index (χ4v) is 4.49. The van der Waals surface area contributed by atoms with E-state index in [0.29, 0.717) is 13.2 Å². The minimum Gasteiger partial charge on any atom is -0.462 e. The van der Waals surface area contributed by atoms with Crippen molar-refractivity contribution in [1.29, 1.82) is 0 Å². The first kappa shape index (κ1) is 22.0. The van der Waals surface area contributed by atoms with E-state index < -0.39 is 0 Å². The molecule has 0 atom stereocenters. The van der Waals surface area contributed by atoms with Gasteiger partial charge in [0.1, 0.15) is 0 Å². The van der Waals surface area contributed by atoms with Crippen LogP contribution in [0.3, 0.4) is 0 Å². The minimum atomic E-state index is -0.179. The predicted molar refractivity (Wildman–Crippen MR) is 130 cm³/mol. The lowest BCUT2D eigenvalue weighted by molar-refractivity contribution is -0.139. The Balaban J connectivity index is 1.50. The maximum Gasteiger partial charge on any atom is 0.335 e. The molecule has 32 heavy (non-hydrogen) atoms. The van der Waals surface area contributed by atoms with Gasteiger partial charge < -0.3 is 4.74 Å². The van der Waals surface area contributed by atoms with Crippen LogP contribution in [-0.4, -0.2) is 37.1 Å². The summed E-state index contributed by atoms with van der Waals surface area (Å²) in [7, 11) is 0. The van der Waals surface area contributed by atoms with E-state index in [1.807, 2.05) is 30.3 Å². The minimum absolute atomic E-state index is 0.179. The smallest absolute Gasteiger partial charge is 0.335 e. The van der Waals surface area contributed by atoms with Gasteiger partial charge in [-0.15, -0.1) is 0 Å². The van der Waals surface area contributed by atoms with E-state index in [1.165, 1.54) is 11.1 Å². The molecule has 164 valence electrons. The van der Waals surface area contributed by atoms with Gasteiger partial charge in [-0.25, -0.2) is 4.79 Å². The Morgan fingerprint density at radius 1 is 0.875 bits per heavy atom. The summed E-state index contributed by atoms with van der Waals surface area (Å²) in [5.74, 6) is 0.0214. The molecule has 1 heterocycles. The summed E-state index contributed by atoms with van der Waals surface area (Å²) in [5.41, 5.74) is 5.55. The third-order valence-electron chi connectivity index (χ3n) is 6.28. The summed E-state index contributed by atoms with van der Waals surface area (Å²) < 4.78 is 5.88. The molecule has 0 radical (unpaired) electrons. The predicted octanol–water partition coefficient (Wildman–Crippen LogP) is 5.93. The highest BCUT2D eigenvalue weighted by molar-refractivity contribution is 5.98. The quantitative estimate of drug-likeness (QED) is 0.419. The maximum absolute atomic E-state index is 13.2. The monoisotopic (exact) mass is 425 g/mol. The number of rotatable bonds is 8. The van der Waals surface area contributed by atoms with Gasteiger partial charge in [0.2, 0.25) is 0 Å². The second kappa shape index (κ2) is 10.9. The number of carbonyl (C=O) groups is 1. The summed E-state index contributed by atoms with van der Waals surface area (Å²) in [6, 6.07) is 31.2. The van der Waals surface area contributed by atoms with Gasteiger partial charge in [-0.3, -0.25) is 4.90 Å². The van der Waals surface area contributed by atoms with E-state index in [9.17, 15) is 4.79 Å². The molecule has 0 bridgehead atoms. The summed E-state index contributed by atoms with van der Waals surface area (Å²) in [4.78, 5) is 15.5. The number of hydrogen-bond acceptors (Lipinski definition) is 3. The summed E-state index contributed by atoms with van der Waals surface area (Å²) >= 11 is 0. The van der Waals surface area contributed by atoms with Gasteiger partial charge in [0, 0.05) is 19.0 Å². The molecule has 0 aliphatic carbocycles. The number of hydrogen-bond donors (Lipinski definition) is 0. The molecule has 3 nitrogen and oxygen atoms in total. The zero-order valence-electron chi connectivity index (χ0n) is 18.7. The van der Waals surface area contributed by atoms with E-state index in [1.54, 1.807) is 0 Å². The average Bonchev–Trinajstić information content (AvgIpc) is 2.87. The number of likely N-dealkylation sites (N-methyl/N-ethyl adjacent to an activating group) is 1. The van der Waals surface area contributed by atoms with Crippen molar-refractivity contribution in [2.24, 2.45) is 0 Å². The van der Waals surface area contributed by atoms with Crippen LogP contribution in [0, 0.1) is 0 Å². The first-order valence-electron chi connectivity index (χ1n) is 11.5. The first-order chi connectivity index (χ1) is 15.8. The molecule has 1 aliphatic heterocycles. The van der Waals surface area contributed by atoms with Crippen LogP contribution in [0.15, 0.2) is 96.6 Å². The Morgan fingerprint density at radius 3 is 2.00 bits per heavy atom. The number of carbonyl (C=O) groups excluding carboxylic acids is 1. The van der Waals surface area contributed by atoms with E-state index >= 15 is 0 Å². The van der Waals surface area contributed by atoms with Crippen LogP contribution >= 0.6 is 0 Å². The molecule has 0 saturated heterocycles. The van der Waals surface area contributed by atoms with E-state index in [2.05, 4.69) is 72.5 Å². The van der Waals surface area contributed by atoms with Crippen molar-refractivity contribution < 1.29 is 9.53 Å². The Morgan fingerprint density at radius 2 is 1.44 bits per heavy atom. The zero-order chi connectivity index (χ0) is 22.2. The molecule has 4 rings (SSSR count). The fraction of sp³-hybridized carbons (Fsp3) is 0.276. The molecule has 1 aliphatic rings. The fourth-order valence-electron chi connectivity index (χ4n) is 4.49. The van der Waals surface area contributed by atoms with Crippen LogP contribution in [-0.2, 0) is 9.53 Å². The van der Waals surface area contributed by atoms with Crippen molar-refractivity contribution in [2.45, 2.75) is 25.7 Å². The van der Waals surface area contributed by atoms with Crippen molar-refractivity contribution in [3.05, 3.63) is 113 Å². The van der Waals surface area contributed by atoms with E-state index in [-0.39, 0.29) is 11.9 Å². The molecule has 0 N–H and O–H groups in total. The molecular weight excluding hydrogens is 394 g/mol. The zero-order valence-corrected chi connectivity index (χ0v) is 18.7. The number of ether oxygens (including phenoxy) is 1. The summed E-state index contributed by atoms with van der Waals surface area (Å²) in [6.45, 7) is 5.09. The van der Waals surface area contributed by atoms with Crippen LogP contribution in [0.1, 0.15) is 42.4 Å². The third kappa shape index (κ3) is 5.35. The van der Waals surface area contributed by atoms with Gasteiger partial charge >= 0.3 is 5.97 Å². The number of benzene rings is 3. The Kier molecular flexibility index (Phi) is 7.52. The summed E-state index contributed by atoms with van der Waals surface area (Å²) in [6.07, 6.45) is 1.63. The molecular formula is C29H31NO2. The van der Waals surface area contributed by atoms with Crippen LogP contribution in [0.2, 0.25) is 0 Å². The van der Waals surface area contributed by atoms with Crippen molar-refractivity contribution >= 4 is 11.5 Å². The Labute approximate surface area is 191 Å². The van der Waals surface area contributed by atoms with Gasteiger partial charge in [0.05, 0.1) is 12.2 Å². The number of nitrogens with zero attached hydrogens (tertiary/aromatic N) is 1. The average molecular weight is 426 g/mol. The van der Waals surface area contributed by atoms with Crippen molar-refractivity contribution in [3.63, 3.8) is 0 Å². The lowest BCUT2D eigenvalue weighted by Crippen LogP contribution is -2.34. The van der Waals surface area contributed by atoms with Crippen molar-refractivity contribution in [1.82, 2.24) is 4.90 Å². The summed E-state index contributed by atoms with van der Waals surface area (Å²) in [5, 5.41) is 0. The molecule has 3 aromatic rings. The molecule has 0 saturated carbocycles. The van der Waals surface area contributed by atoms with Crippen LogP contribution in [0.4, 0.5) is 0 Å². The molecule has 0 fully saturated rings. The van der Waals surface area contributed by atoms with Gasteiger partial charge in [-0.2, -0.15) is 0 Å². The molecule has 0 aromatic heterocycles. The SMILES string of the molecule is CCN1CCC(c2ccccc2)=C(C(=O)OCCC(c2ccccc2)c2ccccc2)C1. The lowest BCUT2D eigenvalue weighted by atomic mass is 9.89. The van der Waals surface area contributed by atoms with Crippen LogP contribution in [0.5, 0.6) is 0 Å². The van der Waals surface area contributed by atoms with Gasteiger partial charge in [0.15, 0.2) is 0 Å². The lowest BCUT2D eigenvalue weighted by Gasteiger charge is -2.29. The Hall–Kier alpha value is -3.17. The maximum atomic E-state index is 13.2. The number of esters is 1. The van der Waals surface area contributed by atoms with Crippen LogP contribution in [0.25, 0.3) is 5.57 Å². The third-order valence-corrected chi connectivity index (χ3v) is 6.28. The standard InChI is InChI=1S/C29H31NO2/c1-2-30-20-18-27(25-16-10-5-11-17-25)28(22-30)29(31)32-21-19-26(23-12-6-3-7-13-23)24-14-8-4-9-15-24/h3-17,26H,2,18-22H2,1H3. The van der Waals surface area contributed by atoms with E-state index in [4.69, 9.17) is 4.74 Å². The topological polar surface area (TPSA) is 29.5 Å². The molecule has 0 spiro atoms. The molecule has 3 heteroatoms. The molecule has 3 aromatic carbocycles. The van der Waals surface area contributed by atoms with Crippen molar-refractivity contribution in [3.8, 4) is 0 Å². The second-order valence-corrected chi connectivity index (χ2v) is 8.24. The van der Waals surface area contributed by atoms with Crippen molar-refractivity contribution in [2.75, 3.05) is 26.2 Å². The highest BCUT2D eigenvalue weighted by atomic mass is 16.5. The van der Waals surface area contributed by atoms with E-state index in [0.717, 1.165) is 42.6 Å².